The van der Waals surface area contributed by atoms with E-state index < -0.39 is 0 Å². The summed E-state index contributed by atoms with van der Waals surface area (Å²) in [5, 5.41) is 9.77. The molecule has 0 spiro atoms. The first-order valence-electron chi connectivity index (χ1n) is 8.58. The number of benzene rings is 1. The van der Waals surface area contributed by atoms with Gasteiger partial charge in [-0.25, -0.2) is 4.98 Å². The molecule has 7 heteroatoms. The summed E-state index contributed by atoms with van der Waals surface area (Å²) in [7, 11) is 0. The second-order valence-corrected chi connectivity index (χ2v) is 6.37. The molecule has 1 aliphatic heterocycles. The van der Waals surface area contributed by atoms with E-state index in [1.54, 1.807) is 0 Å². The molecule has 2 N–H and O–H groups in total. The summed E-state index contributed by atoms with van der Waals surface area (Å²) in [6.45, 7) is 5.64. The van der Waals surface area contributed by atoms with Gasteiger partial charge in [0.25, 0.3) is 0 Å². The lowest BCUT2D eigenvalue weighted by Gasteiger charge is -2.09. The van der Waals surface area contributed by atoms with Crippen LogP contribution in [0.25, 0.3) is 0 Å². The Morgan fingerprint density at radius 3 is 3.12 bits per heavy atom. The van der Waals surface area contributed by atoms with Gasteiger partial charge in [0.05, 0.1) is 12.5 Å². The third kappa shape index (κ3) is 5.03. The van der Waals surface area contributed by atoms with Gasteiger partial charge in [0, 0.05) is 13.2 Å². The summed E-state index contributed by atoms with van der Waals surface area (Å²) < 4.78 is 11.3. The van der Waals surface area contributed by atoms with Gasteiger partial charge >= 0.3 is 0 Å². The normalized spacial score (nSPS) is 16.8. The molecule has 0 saturated carbocycles. The maximum Gasteiger partial charge on any atom is 0.227 e. The average molecular weight is 344 g/mol. The van der Waals surface area contributed by atoms with Crippen LogP contribution < -0.4 is 10.1 Å². The van der Waals surface area contributed by atoms with Crippen molar-refractivity contribution in [3.63, 3.8) is 0 Å². The minimum absolute atomic E-state index is 0.100. The lowest BCUT2D eigenvalue weighted by Crippen LogP contribution is -2.33. The van der Waals surface area contributed by atoms with Gasteiger partial charge in [0.15, 0.2) is 11.6 Å². The van der Waals surface area contributed by atoms with E-state index in [0.29, 0.717) is 18.2 Å². The second kappa shape index (κ2) is 8.11. The Morgan fingerprint density at radius 1 is 1.44 bits per heavy atom. The van der Waals surface area contributed by atoms with Gasteiger partial charge in [-0.05, 0) is 43.9 Å². The van der Waals surface area contributed by atoms with E-state index in [2.05, 4.69) is 20.5 Å². The monoisotopic (exact) mass is 344 g/mol. The van der Waals surface area contributed by atoms with Crippen molar-refractivity contribution in [2.45, 2.75) is 45.8 Å². The Kier molecular flexibility index (Phi) is 5.65. The Labute approximate surface area is 147 Å². The number of nitrogens with one attached hydrogen (secondary N) is 2. The fourth-order valence-corrected chi connectivity index (χ4v) is 2.73. The van der Waals surface area contributed by atoms with Crippen LogP contribution >= 0.6 is 0 Å². The van der Waals surface area contributed by atoms with E-state index in [-0.39, 0.29) is 25.0 Å². The molecule has 1 atom stereocenters. The lowest BCUT2D eigenvalue weighted by atomic mass is 10.1. The van der Waals surface area contributed by atoms with Crippen LogP contribution in [0, 0.1) is 13.8 Å². The van der Waals surface area contributed by atoms with Crippen LogP contribution in [0.1, 0.15) is 35.6 Å². The average Bonchev–Trinajstić information content (AvgIpc) is 3.25. The molecular formula is C18H24N4O3. The highest BCUT2D eigenvalue weighted by molar-refractivity contribution is 5.77. The van der Waals surface area contributed by atoms with Crippen molar-refractivity contribution >= 4 is 5.91 Å². The number of aromatic nitrogens is 3. The van der Waals surface area contributed by atoms with Crippen molar-refractivity contribution < 1.29 is 14.3 Å². The minimum atomic E-state index is -0.100. The van der Waals surface area contributed by atoms with Crippen LogP contribution in [0.15, 0.2) is 18.2 Å². The van der Waals surface area contributed by atoms with Crippen molar-refractivity contribution in [3.05, 3.63) is 41.0 Å². The summed E-state index contributed by atoms with van der Waals surface area (Å²) in [5.41, 5.74) is 2.21. The molecule has 1 aromatic carbocycles. The molecule has 0 radical (unpaired) electrons. The number of ether oxygens (including phenoxy) is 2. The molecule has 2 aromatic rings. The highest BCUT2D eigenvalue weighted by Gasteiger charge is 2.17. The predicted octanol–water partition coefficient (Wildman–Crippen LogP) is 1.84. The number of H-pyrrole nitrogens is 1. The van der Waals surface area contributed by atoms with E-state index >= 15 is 0 Å². The van der Waals surface area contributed by atoms with Crippen LogP contribution in [-0.4, -0.2) is 40.3 Å². The van der Waals surface area contributed by atoms with Crippen molar-refractivity contribution in [3.8, 4) is 5.75 Å². The molecule has 1 amide bonds. The fraction of sp³-hybridized carbons (Fsp3) is 0.500. The van der Waals surface area contributed by atoms with E-state index in [4.69, 9.17) is 9.47 Å². The standard InChI is InChI=1S/C18H24N4O3/c1-12-5-6-13(2)15(8-12)25-11-17-20-16(21-22-17)9-18(23)19-10-14-4-3-7-24-14/h5-6,8,14H,3-4,7,9-11H2,1-2H3,(H,19,23)(H,20,21,22). The summed E-state index contributed by atoms with van der Waals surface area (Å²) in [4.78, 5) is 16.3. The molecule has 2 heterocycles. The minimum Gasteiger partial charge on any atom is -0.485 e. The molecule has 3 rings (SSSR count). The van der Waals surface area contributed by atoms with Gasteiger partial charge in [-0.2, -0.15) is 5.10 Å². The van der Waals surface area contributed by atoms with E-state index in [9.17, 15) is 4.79 Å². The number of aromatic amines is 1. The largest absolute Gasteiger partial charge is 0.485 e. The first kappa shape index (κ1) is 17.4. The molecule has 0 bridgehead atoms. The number of aryl methyl sites for hydroxylation is 2. The summed E-state index contributed by atoms with van der Waals surface area (Å²) in [5.74, 6) is 1.79. The second-order valence-electron chi connectivity index (χ2n) is 6.37. The molecule has 1 saturated heterocycles. The topological polar surface area (TPSA) is 89.1 Å². The molecular weight excluding hydrogens is 320 g/mol. The van der Waals surface area contributed by atoms with Crippen LogP contribution in [0.2, 0.25) is 0 Å². The zero-order valence-corrected chi connectivity index (χ0v) is 14.7. The van der Waals surface area contributed by atoms with Crippen molar-refractivity contribution in [1.82, 2.24) is 20.5 Å². The number of hydrogen-bond donors (Lipinski definition) is 2. The Hall–Kier alpha value is -2.41. The van der Waals surface area contributed by atoms with Gasteiger partial charge in [-0.15, -0.1) is 0 Å². The summed E-state index contributed by atoms with van der Waals surface area (Å²) >= 11 is 0. The number of rotatable bonds is 7. The van der Waals surface area contributed by atoms with Gasteiger partial charge < -0.3 is 14.8 Å². The molecule has 1 aromatic heterocycles. The molecule has 7 nitrogen and oxygen atoms in total. The molecule has 1 fully saturated rings. The van der Waals surface area contributed by atoms with Crippen LogP contribution in [0.5, 0.6) is 5.75 Å². The molecule has 1 unspecified atom stereocenters. The van der Waals surface area contributed by atoms with Gasteiger partial charge in [0.2, 0.25) is 5.91 Å². The first-order valence-corrected chi connectivity index (χ1v) is 8.58. The quantitative estimate of drug-likeness (QED) is 0.800. The molecule has 1 aliphatic rings. The van der Waals surface area contributed by atoms with E-state index in [1.807, 2.05) is 32.0 Å². The Bertz CT molecular complexity index is 723. The number of carbonyl (C=O) groups excluding carboxylic acids is 1. The van der Waals surface area contributed by atoms with E-state index in [1.165, 1.54) is 0 Å². The van der Waals surface area contributed by atoms with Crippen LogP contribution in [-0.2, 0) is 22.6 Å². The Morgan fingerprint density at radius 2 is 2.32 bits per heavy atom. The van der Waals surface area contributed by atoms with Crippen molar-refractivity contribution in [1.29, 1.82) is 0 Å². The number of carbonyl (C=O) groups is 1. The summed E-state index contributed by atoms with van der Waals surface area (Å²) in [6, 6.07) is 6.06. The molecule has 0 aliphatic carbocycles. The first-order chi connectivity index (χ1) is 12.1. The Balaban J connectivity index is 1.46. The smallest absolute Gasteiger partial charge is 0.227 e. The number of nitrogens with zero attached hydrogens (tertiary/aromatic N) is 2. The maximum atomic E-state index is 11.9. The van der Waals surface area contributed by atoms with Crippen LogP contribution in [0.4, 0.5) is 0 Å². The zero-order valence-electron chi connectivity index (χ0n) is 14.7. The molecule has 134 valence electrons. The molecule has 25 heavy (non-hydrogen) atoms. The van der Waals surface area contributed by atoms with Gasteiger partial charge in [-0.3, -0.25) is 9.89 Å². The maximum absolute atomic E-state index is 11.9. The highest BCUT2D eigenvalue weighted by Crippen LogP contribution is 2.19. The van der Waals surface area contributed by atoms with Crippen molar-refractivity contribution in [2.24, 2.45) is 0 Å². The highest BCUT2D eigenvalue weighted by atomic mass is 16.5. The fourth-order valence-electron chi connectivity index (χ4n) is 2.73. The predicted molar refractivity (Wildman–Crippen MR) is 92.3 cm³/mol. The number of amides is 1. The summed E-state index contributed by atoms with van der Waals surface area (Å²) in [6.07, 6.45) is 2.34. The third-order valence-electron chi connectivity index (χ3n) is 4.16. The van der Waals surface area contributed by atoms with Gasteiger partial charge in [0.1, 0.15) is 12.4 Å². The zero-order chi connectivity index (χ0) is 17.6. The third-order valence-corrected chi connectivity index (χ3v) is 4.16. The van der Waals surface area contributed by atoms with E-state index in [0.717, 1.165) is 36.3 Å². The van der Waals surface area contributed by atoms with Crippen LogP contribution in [0.3, 0.4) is 0 Å². The lowest BCUT2D eigenvalue weighted by molar-refractivity contribution is -0.121. The SMILES string of the molecule is Cc1ccc(C)c(OCc2nc(CC(=O)NCC3CCCO3)n[nH]2)c1. The number of hydrogen-bond acceptors (Lipinski definition) is 5. The van der Waals surface area contributed by atoms with Gasteiger partial charge in [-0.1, -0.05) is 12.1 Å². The van der Waals surface area contributed by atoms with Crippen molar-refractivity contribution in [2.75, 3.05) is 13.2 Å².